The Balaban J connectivity index is 1.27. The van der Waals surface area contributed by atoms with Crippen LogP contribution in [0.25, 0.3) is 10.9 Å². The fourth-order valence-corrected chi connectivity index (χ4v) is 5.41. The summed E-state index contributed by atoms with van der Waals surface area (Å²) in [6.45, 7) is 9.07. The maximum absolute atomic E-state index is 6.09. The van der Waals surface area contributed by atoms with E-state index >= 15 is 0 Å². The van der Waals surface area contributed by atoms with Crippen molar-refractivity contribution >= 4 is 52.3 Å². The van der Waals surface area contributed by atoms with Crippen molar-refractivity contribution in [3.8, 4) is 0 Å². The molecule has 1 saturated heterocycles. The van der Waals surface area contributed by atoms with Crippen LogP contribution in [-0.2, 0) is 6.54 Å². The number of nitrogens with one attached hydrogen (secondary N) is 2. The van der Waals surface area contributed by atoms with Gasteiger partial charge in [-0.05, 0) is 73.6 Å². The number of aromatic nitrogens is 4. The minimum atomic E-state index is 0.396. The Kier molecular flexibility index (Phi) is 8.06. The van der Waals surface area contributed by atoms with Gasteiger partial charge in [0.1, 0.15) is 0 Å². The lowest BCUT2D eigenvalue weighted by Gasteiger charge is -2.30. The van der Waals surface area contributed by atoms with Crippen LogP contribution in [0.15, 0.2) is 78.0 Å². The fourth-order valence-electron chi connectivity index (χ4n) is 5.28. The lowest BCUT2D eigenvalue weighted by atomic mass is 10.00. The van der Waals surface area contributed by atoms with E-state index in [4.69, 9.17) is 21.6 Å². The maximum Gasteiger partial charge on any atom is 0.250 e. The molecule has 0 spiro atoms. The van der Waals surface area contributed by atoms with E-state index in [9.17, 15) is 0 Å². The van der Waals surface area contributed by atoms with Crippen molar-refractivity contribution in [1.29, 1.82) is 0 Å². The number of benzene rings is 3. The highest BCUT2D eigenvalue weighted by molar-refractivity contribution is 6.30. The highest BCUT2D eigenvalue weighted by Crippen LogP contribution is 2.26. The summed E-state index contributed by atoms with van der Waals surface area (Å²) in [5.41, 5.74) is 9.73. The molecule has 0 aliphatic carbocycles. The number of piperidine rings is 1. The molecule has 0 bridgehead atoms. The third-order valence-electron chi connectivity index (χ3n) is 7.99. The molecule has 1 aliphatic heterocycles. The minimum Gasteiger partial charge on any atom is -0.342 e. The smallest absolute Gasteiger partial charge is 0.250 e. The van der Waals surface area contributed by atoms with E-state index in [1.165, 1.54) is 11.1 Å². The van der Waals surface area contributed by atoms with Crippen LogP contribution in [-0.4, -0.2) is 38.8 Å². The largest absolute Gasteiger partial charge is 0.342 e. The summed E-state index contributed by atoms with van der Waals surface area (Å²) in [4.78, 5) is 16.4. The van der Waals surface area contributed by atoms with Gasteiger partial charge >= 0.3 is 0 Å². The lowest BCUT2D eigenvalue weighted by molar-refractivity contribution is 0.434. The summed E-state index contributed by atoms with van der Waals surface area (Å²) < 4.78 is 2.23. The van der Waals surface area contributed by atoms with Crippen molar-refractivity contribution in [3.05, 3.63) is 100 Å². The van der Waals surface area contributed by atoms with Crippen LogP contribution >= 0.6 is 11.6 Å². The third-order valence-corrected chi connectivity index (χ3v) is 8.25. The van der Waals surface area contributed by atoms with Gasteiger partial charge in [-0.1, -0.05) is 61.0 Å². The van der Waals surface area contributed by atoms with Crippen LogP contribution in [0, 0.1) is 19.8 Å². The van der Waals surface area contributed by atoms with E-state index in [2.05, 4.69) is 93.7 Å². The van der Waals surface area contributed by atoms with E-state index < -0.39 is 0 Å². The molecule has 1 aliphatic rings. The van der Waals surface area contributed by atoms with E-state index in [0.717, 1.165) is 65.2 Å². The van der Waals surface area contributed by atoms with Gasteiger partial charge in [0.05, 0.1) is 6.21 Å². The molecule has 2 N–H and O–H groups in total. The number of para-hydroxylation sites is 1. The second kappa shape index (κ2) is 12.2. The Bertz CT molecular complexity index is 1720. The van der Waals surface area contributed by atoms with Crippen LogP contribution in [0.3, 0.4) is 0 Å². The first-order valence-corrected chi connectivity index (χ1v) is 14.8. The van der Waals surface area contributed by atoms with E-state index in [-0.39, 0.29) is 0 Å². The van der Waals surface area contributed by atoms with Gasteiger partial charge in [0.15, 0.2) is 0 Å². The average Bonchev–Trinajstić information content (AvgIpc) is 3.34. The molecule has 3 heterocycles. The second-order valence-corrected chi connectivity index (χ2v) is 11.5. The van der Waals surface area contributed by atoms with Gasteiger partial charge in [-0.15, -0.1) is 0 Å². The number of fused-ring (bicyclic) bond motifs is 1. The third kappa shape index (κ3) is 6.24. The number of hydrogen-bond donors (Lipinski definition) is 2. The van der Waals surface area contributed by atoms with Crippen LogP contribution in [0.4, 0.5) is 23.5 Å². The molecular formula is C33H35ClN8. The number of halogens is 1. The molecule has 0 saturated carbocycles. The molecule has 6 rings (SSSR count). The molecule has 42 heavy (non-hydrogen) atoms. The zero-order valence-corrected chi connectivity index (χ0v) is 24.9. The monoisotopic (exact) mass is 578 g/mol. The molecule has 0 atom stereocenters. The minimum absolute atomic E-state index is 0.396. The number of anilines is 4. The normalized spacial score (nSPS) is 14.1. The first-order valence-electron chi connectivity index (χ1n) is 14.4. The quantitative estimate of drug-likeness (QED) is 0.146. The fraction of sp³-hybridized carbons (Fsp3) is 0.273. The molecule has 8 nitrogen and oxygen atoms in total. The lowest BCUT2D eigenvalue weighted by Crippen LogP contribution is -2.34. The van der Waals surface area contributed by atoms with Gasteiger partial charge in [0, 0.05) is 53.0 Å². The number of hydrogen-bond acceptors (Lipinski definition) is 7. The summed E-state index contributed by atoms with van der Waals surface area (Å²) >= 11 is 6.09. The Labute approximate surface area is 251 Å². The second-order valence-electron chi connectivity index (χ2n) is 11.1. The van der Waals surface area contributed by atoms with Crippen LogP contribution in [0.2, 0.25) is 5.02 Å². The topological polar surface area (TPSA) is 83.3 Å². The SMILES string of the molecule is Cc1cccc(Nc2nc(NN=Cc3cn(Cc4ccc(Cl)cc4)c4ccccc34)nc(N3CCC(C)CC3)n2)c1C. The molecular weight excluding hydrogens is 544 g/mol. The van der Waals surface area contributed by atoms with Crippen molar-refractivity contribution in [2.45, 2.75) is 40.2 Å². The Morgan fingerprint density at radius 1 is 0.929 bits per heavy atom. The van der Waals surface area contributed by atoms with Gasteiger partial charge in [0.25, 0.3) is 0 Å². The van der Waals surface area contributed by atoms with E-state index in [1.54, 1.807) is 0 Å². The van der Waals surface area contributed by atoms with Crippen molar-refractivity contribution in [2.24, 2.45) is 11.0 Å². The van der Waals surface area contributed by atoms with Gasteiger partial charge in [0.2, 0.25) is 17.8 Å². The molecule has 214 valence electrons. The van der Waals surface area contributed by atoms with Gasteiger partial charge in [-0.2, -0.15) is 20.1 Å². The van der Waals surface area contributed by atoms with Gasteiger partial charge in [-0.25, -0.2) is 5.43 Å². The van der Waals surface area contributed by atoms with E-state index in [0.29, 0.717) is 23.8 Å². The Morgan fingerprint density at radius 2 is 1.69 bits per heavy atom. The van der Waals surface area contributed by atoms with Gasteiger partial charge < -0.3 is 14.8 Å². The maximum atomic E-state index is 6.09. The number of aryl methyl sites for hydroxylation is 1. The Morgan fingerprint density at radius 3 is 2.50 bits per heavy atom. The summed E-state index contributed by atoms with van der Waals surface area (Å²) in [5, 5.41) is 9.83. The predicted molar refractivity (Wildman–Crippen MR) is 173 cm³/mol. The van der Waals surface area contributed by atoms with Crippen LogP contribution in [0.5, 0.6) is 0 Å². The van der Waals surface area contributed by atoms with Crippen molar-refractivity contribution < 1.29 is 0 Å². The number of rotatable bonds is 8. The first-order chi connectivity index (χ1) is 20.4. The number of nitrogens with zero attached hydrogens (tertiary/aromatic N) is 6. The molecule has 9 heteroatoms. The highest BCUT2D eigenvalue weighted by atomic mass is 35.5. The summed E-state index contributed by atoms with van der Waals surface area (Å²) in [5.74, 6) is 2.25. The molecule has 3 aromatic carbocycles. The summed E-state index contributed by atoms with van der Waals surface area (Å²) in [6.07, 6.45) is 6.18. The van der Waals surface area contributed by atoms with Crippen molar-refractivity contribution in [3.63, 3.8) is 0 Å². The van der Waals surface area contributed by atoms with Crippen LogP contribution in [0.1, 0.15) is 42.0 Å². The molecule has 0 radical (unpaired) electrons. The Hall–Kier alpha value is -4.43. The van der Waals surface area contributed by atoms with Crippen LogP contribution < -0.4 is 15.6 Å². The zero-order chi connectivity index (χ0) is 29.1. The first kappa shape index (κ1) is 27.7. The summed E-state index contributed by atoms with van der Waals surface area (Å²) in [6, 6.07) is 22.5. The number of hydrazone groups is 1. The molecule has 2 aromatic heterocycles. The molecule has 0 amide bonds. The molecule has 5 aromatic rings. The van der Waals surface area contributed by atoms with E-state index in [1.807, 2.05) is 36.5 Å². The average molecular weight is 579 g/mol. The molecule has 0 unspecified atom stereocenters. The molecule has 1 fully saturated rings. The standard InChI is InChI=1S/C33H35ClN8/c1-22-15-17-41(18-16-22)33-38-31(36-29-9-6-7-23(2)24(29)3)37-32(39-33)40-35-19-26-21-42(30-10-5-4-8-28(26)30)20-25-11-13-27(34)14-12-25/h4-14,19,21-22H,15-18,20H2,1-3H3,(H2,36,37,38,39,40). The highest BCUT2D eigenvalue weighted by Gasteiger charge is 2.20. The van der Waals surface area contributed by atoms with Crippen molar-refractivity contribution in [1.82, 2.24) is 19.5 Å². The zero-order valence-electron chi connectivity index (χ0n) is 24.2. The summed E-state index contributed by atoms with van der Waals surface area (Å²) in [7, 11) is 0. The van der Waals surface area contributed by atoms with Gasteiger partial charge in [-0.3, -0.25) is 0 Å². The predicted octanol–water partition coefficient (Wildman–Crippen LogP) is 7.57. The van der Waals surface area contributed by atoms with Crippen molar-refractivity contribution in [2.75, 3.05) is 28.7 Å².